The highest BCUT2D eigenvalue weighted by Gasteiger charge is 2.14. The second kappa shape index (κ2) is 6.58. The molecule has 0 spiro atoms. The van der Waals surface area contributed by atoms with E-state index in [-0.39, 0.29) is 11.1 Å². The summed E-state index contributed by atoms with van der Waals surface area (Å²) in [5.41, 5.74) is 4.12. The second-order valence-corrected chi connectivity index (χ2v) is 6.91. The van der Waals surface area contributed by atoms with E-state index in [0.717, 1.165) is 16.7 Å². The molecule has 28 heavy (non-hydrogen) atoms. The summed E-state index contributed by atoms with van der Waals surface area (Å²) < 4.78 is 3.28. The van der Waals surface area contributed by atoms with Gasteiger partial charge in [-0.05, 0) is 29.3 Å². The van der Waals surface area contributed by atoms with Crippen LogP contribution in [0.5, 0.6) is 0 Å². The molecule has 0 aliphatic carbocycles. The summed E-state index contributed by atoms with van der Waals surface area (Å²) in [6, 6.07) is 19.1. The van der Waals surface area contributed by atoms with Gasteiger partial charge in [0, 0.05) is 16.8 Å². The highest BCUT2D eigenvalue weighted by Crippen LogP contribution is 2.25. The predicted molar refractivity (Wildman–Crippen MR) is 109 cm³/mol. The van der Waals surface area contributed by atoms with Crippen LogP contribution in [0.1, 0.15) is 5.56 Å². The molecule has 5 rings (SSSR count). The van der Waals surface area contributed by atoms with Gasteiger partial charge in [0.2, 0.25) is 0 Å². The molecule has 3 aromatic heterocycles. The first kappa shape index (κ1) is 16.6. The van der Waals surface area contributed by atoms with Crippen LogP contribution in [0.15, 0.2) is 77.9 Å². The zero-order chi connectivity index (χ0) is 19.1. The van der Waals surface area contributed by atoms with Gasteiger partial charge in [-0.25, -0.2) is 4.52 Å². The SMILES string of the molecule is O=c1c2nnc3c(-c4ccc(Cl)cc4)cnn3c2ccn1Cc1ccccc1. The average molecular weight is 388 g/mol. The van der Waals surface area contributed by atoms with Crippen molar-refractivity contribution in [3.8, 4) is 11.1 Å². The third-order valence-electron chi connectivity index (χ3n) is 4.69. The van der Waals surface area contributed by atoms with Crippen molar-refractivity contribution >= 4 is 28.3 Å². The fourth-order valence-electron chi connectivity index (χ4n) is 3.27. The second-order valence-electron chi connectivity index (χ2n) is 6.47. The first-order chi connectivity index (χ1) is 13.7. The number of nitrogens with zero attached hydrogens (tertiary/aromatic N) is 5. The topological polar surface area (TPSA) is 65.1 Å². The summed E-state index contributed by atoms with van der Waals surface area (Å²) in [5, 5.41) is 13.6. The van der Waals surface area contributed by atoms with Crippen molar-refractivity contribution in [3.63, 3.8) is 0 Å². The molecular formula is C21H14ClN5O. The number of rotatable bonds is 3. The summed E-state index contributed by atoms with van der Waals surface area (Å²) in [6.45, 7) is 0.477. The molecule has 0 N–H and O–H groups in total. The van der Waals surface area contributed by atoms with Crippen LogP contribution in [0.3, 0.4) is 0 Å². The Hall–Kier alpha value is -3.51. The average Bonchev–Trinajstić information content (AvgIpc) is 3.16. The van der Waals surface area contributed by atoms with Crippen molar-refractivity contribution in [3.05, 3.63) is 94.0 Å². The minimum atomic E-state index is -0.195. The fraction of sp³-hybridized carbons (Fsp3) is 0.0476. The van der Waals surface area contributed by atoms with E-state index in [1.165, 1.54) is 0 Å². The number of aromatic nitrogens is 5. The Bertz CT molecular complexity index is 1360. The van der Waals surface area contributed by atoms with Crippen LogP contribution in [0, 0.1) is 0 Å². The molecule has 2 aromatic carbocycles. The molecule has 3 heterocycles. The number of halogens is 1. The van der Waals surface area contributed by atoms with Crippen LogP contribution in [0.25, 0.3) is 27.8 Å². The van der Waals surface area contributed by atoms with E-state index >= 15 is 0 Å². The largest absolute Gasteiger partial charge is 0.309 e. The van der Waals surface area contributed by atoms with Gasteiger partial charge in [0.05, 0.1) is 12.7 Å². The Balaban J connectivity index is 1.64. The van der Waals surface area contributed by atoms with Gasteiger partial charge in [-0.2, -0.15) is 5.10 Å². The third kappa shape index (κ3) is 2.75. The van der Waals surface area contributed by atoms with Crippen molar-refractivity contribution in [2.75, 3.05) is 0 Å². The molecule has 0 atom stereocenters. The minimum absolute atomic E-state index is 0.195. The lowest BCUT2D eigenvalue weighted by Gasteiger charge is -2.07. The van der Waals surface area contributed by atoms with Gasteiger partial charge in [-0.15, -0.1) is 10.2 Å². The molecule has 5 aromatic rings. The molecule has 6 nitrogen and oxygen atoms in total. The van der Waals surface area contributed by atoms with Crippen molar-refractivity contribution in [1.29, 1.82) is 0 Å². The van der Waals surface area contributed by atoms with Crippen LogP contribution in [0.2, 0.25) is 5.02 Å². The van der Waals surface area contributed by atoms with E-state index in [4.69, 9.17) is 11.6 Å². The van der Waals surface area contributed by atoms with Gasteiger partial charge < -0.3 is 4.57 Å². The molecule has 0 unspecified atom stereocenters. The predicted octanol–water partition coefficient (Wildman–Crippen LogP) is 3.81. The Kier molecular flexibility index (Phi) is 3.91. The third-order valence-corrected chi connectivity index (χ3v) is 4.94. The summed E-state index contributed by atoms with van der Waals surface area (Å²) >= 11 is 5.97. The summed E-state index contributed by atoms with van der Waals surface area (Å²) in [5.74, 6) is 0. The van der Waals surface area contributed by atoms with Gasteiger partial charge >= 0.3 is 0 Å². The van der Waals surface area contributed by atoms with Gasteiger partial charge in [0.15, 0.2) is 11.2 Å². The molecule has 0 fully saturated rings. The highest BCUT2D eigenvalue weighted by molar-refractivity contribution is 6.30. The quantitative estimate of drug-likeness (QED) is 0.472. The molecule has 0 saturated heterocycles. The van der Waals surface area contributed by atoms with Crippen LogP contribution >= 0.6 is 11.6 Å². The van der Waals surface area contributed by atoms with Crippen LogP contribution in [0.4, 0.5) is 0 Å². The lowest BCUT2D eigenvalue weighted by Crippen LogP contribution is -2.22. The van der Waals surface area contributed by atoms with Crippen molar-refractivity contribution in [1.82, 2.24) is 24.4 Å². The smallest absolute Gasteiger partial charge is 0.280 e. The maximum Gasteiger partial charge on any atom is 0.280 e. The van der Waals surface area contributed by atoms with E-state index in [1.54, 1.807) is 21.5 Å². The van der Waals surface area contributed by atoms with Crippen LogP contribution < -0.4 is 5.56 Å². The zero-order valence-electron chi connectivity index (χ0n) is 14.7. The molecule has 0 radical (unpaired) electrons. The van der Waals surface area contributed by atoms with Crippen LogP contribution in [-0.2, 0) is 6.54 Å². The van der Waals surface area contributed by atoms with E-state index in [0.29, 0.717) is 22.7 Å². The van der Waals surface area contributed by atoms with Crippen molar-refractivity contribution in [2.45, 2.75) is 6.54 Å². The Morgan fingerprint density at radius 2 is 1.71 bits per heavy atom. The summed E-state index contributed by atoms with van der Waals surface area (Å²) in [6.07, 6.45) is 3.49. The Labute approximate surface area is 164 Å². The Morgan fingerprint density at radius 1 is 0.929 bits per heavy atom. The fourth-order valence-corrected chi connectivity index (χ4v) is 3.39. The lowest BCUT2D eigenvalue weighted by atomic mass is 10.1. The van der Waals surface area contributed by atoms with Crippen LogP contribution in [-0.4, -0.2) is 24.4 Å². The standard InChI is InChI=1S/C21H14ClN5O/c22-16-8-6-15(7-9-16)17-12-23-27-18-10-11-26(13-14-4-2-1-3-5-14)21(28)19(18)24-25-20(17)27/h1-12H,13H2. The number of hydrogen-bond donors (Lipinski definition) is 0. The monoisotopic (exact) mass is 387 g/mol. The molecule has 0 amide bonds. The van der Waals surface area contributed by atoms with Crippen molar-refractivity contribution < 1.29 is 0 Å². The summed E-state index contributed by atoms with van der Waals surface area (Å²) in [7, 11) is 0. The van der Waals surface area contributed by atoms with Crippen molar-refractivity contribution in [2.24, 2.45) is 0 Å². The molecule has 136 valence electrons. The first-order valence-corrected chi connectivity index (χ1v) is 9.12. The van der Waals surface area contributed by atoms with Gasteiger partial charge in [-0.1, -0.05) is 54.1 Å². The normalized spacial score (nSPS) is 11.3. The number of benzene rings is 2. The molecular weight excluding hydrogens is 374 g/mol. The molecule has 7 heteroatoms. The van der Waals surface area contributed by atoms with Gasteiger partial charge in [0.25, 0.3) is 5.56 Å². The molecule has 0 saturated carbocycles. The number of hydrogen-bond acceptors (Lipinski definition) is 4. The van der Waals surface area contributed by atoms with Gasteiger partial charge in [-0.3, -0.25) is 4.79 Å². The maximum absolute atomic E-state index is 12.9. The molecule has 0 aliphatic heterocycles. The summed E-state index contributed by atoms with van der Waals surface area (Å²) in [4.78, 5) is 12.9. The van der Waals surface area contributed by atoms with E-state index in [2.05, 4.69) is 15.3 Å². The Morgan fingerprint density at radius 3 is 2.50 bits per heavy atom. The molecule has 0 bridgehead atoms. The number of pyridine rings is 1. The maximum atomic E-state index is 12.9. The minimum Gasteiger partial charge on any atom is -0.309 e. The lowest BCUT2D eigenvalue weighted by molar-refractivity contribution is 0.760. The van der Waals surface area contributed by atoms with Gasteiger partial charge in [0.1, 0.15) is 5.52 Å². The van der Waals surface area contributed by atoms with E-state index in [1.807, 2.05) is 60.7 Å². The first-order valence-electron chi connectivity index (χ1n) is 8.74. The van der Waals surface area contributed by atoms with E-state index in [9.17, 15) is 4.79 Å². The number of fused-ring (bicyclic) bond motifs is 3. The zero-order valence-corrected chi connectivity index (χ0v) is 15.4. The molecule has 0 aliphatic rings. The van der Waals surface area contributed by atoms with E-state index < -0.39 is 0 Å². The highest BCUT2D eigenvalue weighted by atomic mass is 35.5.